The first-order chi connectivity index (χ1) is 16.0. The summed E-state index contributed by atoms with van der Waals surface area (Å²) in [7, 11) is 0. The standard InChI is InChI=1S/C23H27NO8S/c1-15(8-10-29-21(26)13-33)22(17-4-2-3-5-18(17)28-11-9-25)32-23(27)24-16-6-7-19-20(12-16)31-14-30-19/h2-7,12,15,22,25,33H,8-11,13-14H2,1H3,(H,24,27)/t15-,22+/m0/s1. The summed E-state index contributed by atoms with van der Waals surface area (Å²) in [5.41, 5.74) is 1.13. The molecule has 0 aliphatic carbocycles. The maximum absolute atomic E-state index is 12.8. The van der Waals surface area contributed by atoms with E-state index >= 15 is 0 Å². The van der Waals surface area contributed by atoms with Gasteiger partial charge < -0.3 is 28.8 Å². The average Bonchev–Trinajstić information content (AvgIpc) is 3.29. The second-order valence-electron chi connectivity index (χ2n) is 7.27. The minimum absolute atomic E-state index is 0.00984. The molecule has 2 aromatic carbocycles. The molecular formula is C23H27NO8S. The van der Waals surface area contributed by atoms with Gasteiger partial charge in [-0.3, -0.25) is 10.1 Å². The highest BCUT2D eigenvalue weighted by Crippen LogP contribution is 2.36. The molecule has 0 aromatic heterocycles. The monoisotopic (exact) mass is 477 g/mol. The number of anilines is 1. The molecule has 1 aliphatic heterocycles. The van der Waals surface area contributed by atoms with Gasteiger partial charge in [-0.05, 0) is 24.6 Å². The van der Waals surface area contributed by atoms with Gasteiger partial charge in [0.05, 0.1) is 19.0 Å². The molecule has 1 heterocycles. The lowest BCUT2D eigenvalue weighted by Crippen LogP contribution is -2.24. The number of nitrogens with one attached hydrogen (secondary N) is 1. The first-order valence-electron chi connectivity index (χ1n) is 10.5. The highest BCUT2D eigenvalue weighted by molar-refractivity contribution is 7.81. The number of para-hydroxylation sites is 1. The summed E-state index contributed by atoms with van der Waals surface area (Å²) >= 11 is 3.90. The first-order valence-corrected chi connectivity index (χ1v) is 11.1. The van der Waals surface area contributed by atoms with Crippen molar-refractivity contribution in [2.45, 2.75) is 19.4 Å². The van der Waals surface area contributed by atoms with Crippen LogP contribution in [-0.2, 0) is 14.3 Å². The molecule has 0 fully saturated rings. The van der Waals surface area contributed by atoms with Crippen LogP contribution in [0.15, 0.2) is 42.5 Å². The molecule has 9 nitrogen and oxygen atoms in total. The topological polar surface area (TPSA) is 113 Å². The molecule has 0 spiro atoms. The van der Waals surface area contributed by atoms with Crippen LogP contribution in [0.4, 0.5) is 10.5 Å². The molecule has 0 radical (unpaired) electrons. The molecule has 2 N–H and O–H groups in total. The number of amides is 1. The molecule has 1 aliphatic rings. The first kappa shape index (κ1) is 24.5. The van der Waals surface area contributed by atoms with E-state index in [0.29, 0.717) is 34.9 Å². The van der Waals surface area contributed by atoms with Crippen LogP contribution in [0.1, 0.15) is 25.0 Å². The zero-order chi connectivity index (χ0) is 23.6. The summed E-state index contributed by atoms with van der Waals surface area (Å²) in [4.78, 5) is 24.2. The number of carbonyl (C=O) groups excluding carboxylic acids is 2. The van der Waals surface area contributed by atoms with Gasteiger partial charge >= 0.3 is 12.1 Å². The number of hydrogen-bond acceptors (Lipinski definition) is 9. The largest absolute Gasteiger partial charge is 0.491 e. The summed E-state index contributed by atoms with van der Waals surface area (Å²) in [6, 6.07) is 12.2. The lowest BCUT2D eigenvalue weighted by atomic mass is 9.94. The van der Waals surface area contributed by atoms with Crippen LogP contribution in [0.3, 0.4) is 0 Å². The van der Waals surface area contributed by atoms with Crippen molar-refractivity contribution in [2.75, 3.05) is 37.7 Å². The Kier molecular flexibility index (Phi) is 9.08. The summed E-state index contributed by atoms with van der Waals surface area (Å²) in [5, 5.41) is 11.8. The summed E-state index contributed by atoms with van der Waals surface area (Å²) < 4.78 is 27.2. The van der Waals surface area contributed by atoms with E-state index in [0.717, 1.165) is 0 Å². The number of aliphatic hydroxyl groups is 1. The molecule has 33 heavy (non-hydrogen) atoms. The quantitative estimate of drug-likeness (QED) is 0.333. The van der Waals surface area contributed by atoms with Crippen molar-refractivity contribution in [1.29, 1.82) is 0 Å². The molecule has 0 saturated heterocycles. The number of rotatable bonds is 11. The van der Waals surface area contributed by atoms with E-state index in [2.05, 4.69) is 17.9 Å². The molecule has 2 atom stereocenters. The van der Waals surface area contributed by atoms with Gasteiger partial charge in [0, 0.05) is 23.2 Å². The van der Waals surface area contributed by atoms with Crippen LogP contribution < -0.4 is 19.5 Å². The number of thiol groups is 1. The molecule has 178 valence electrons. The van der Waals surface area contributed by atoms with E-state index in [1.807, 2.05) is 6.92 Å². The van der Waals surface area contributed by atoms with Crippen LogP contribution in [0.25, 0.3) is 0 Å². The predicted molar refractivity (Wildman–Crippen MR) is 123 cm³/mol. The van der Waals surface area contributed by atoms with Gasteiger partial charge in [0.15, 0.2) is 11.5 Å². The summed E-state index contributed by atoms with van der Waals surface area (Å²) in [6.07, 6.45) is -0.936. The Morgan fingerprint density at radius 2 is 1.94 bits per heavy atom. The third-order valence-electron chi connectivity index (χ3n) is 4.91. The van der Waals surface area contributed by atoms with Crippen molar-refractivity contribution in [3.8, 4) is 17.2 Å². The molecule has 1 amide bonds. The van der Waals surface area contributed by atoms with Gasteiger partial charge in [-0.1, -0.05) is 25.1 Å². The highest BCUT2D eigenvalue weighted by atomic mass is 32.1. The van der Waals surface area contributed by atoms with Crippen molar-refractivity contribution in [3.05, 3.63) is 48.0 Å². The van der Waals surface area contributed by atoms with Gasteiger partial charge in [-0.15, -0.1) is 0 Å². The van der Waals surface area contributed by atoms with E-state index in [-0.39, 0.29) is 38.3 Å². The van der Waals surface area contributed by atoms with Crippen LogP contribution in [0.5, 0.6) is 17.2 Å². The van der Waals surface area contributed by atoms with Gasteiger partial charge in [0.2, 0.25) is 6.79 Å². The van der Waals surface area contributed by atoms with Crippen LogP contribution in [0.2, 0.25) is 0 Å². The fraction of sp³-hybridized carbons (Fsp3) is 0.391. The van der Waals surface area contributed by atoms with Crippen LogP contribution in [0, 0.1) is 5.92 Å². The Morgan fingerprint density at radius 3 is 2.73 bits per heavy atom. The number of ether oxygens (including phenoxy) is 5. The van der Waals surface area contributed by atoms with Crippen molar-refractivity contribution >= 4 is 30.4 Å². The van der Waals surface area contributed by atoms with Crippen molar-refractivity contribution in [3.63, 3.8) is 0 Å². The zero-order valence-corrected chi connectivity index (χ0v) is 19.1. The van der Waals surface area contributed by atoms with Crippen LogP contribution in [-0.4, -0.2) is 49.5 Å². The normalized spacial score (nSPS) is 13.7. The molecule has 3 rings (SSSR count). The number of fused-ring (bicyclic) bond motifs is 1. The summed E-state index contributed by atoms with van der Waals surface area (Å²) in [6.45, 7) is 2.12. The fourth-order valence-corrected chi connectivity index (χ4v) is 3.37. The van der Waals surface area contributed by atoms with Crippen molar-refractivity contribution in [1.82, 2.24) is 0 Å². The molecule has 0 bridgehead atoms. The predicted octanol–water partition coefficient (Wildman–Crippen LogP) is 3.58. The lowest BCUT2D eigenvalue weighted by Gasteiger charge is -2.26. The number of esters is 1. The maximum Gasteiger partial charge on any atom is 0.412 e. The van der Waals surface area contributed by atoms with E-state index in [9.17, 15) is 9.59 Å². The maximum atomic E-state index is 12.8. The second kappa shape index (κ2) is 12.2. The Balaban J connectivity index is 1.74. The number of aliphatic hydroxyl groups excluding tert-OH is 1. The minimum atomic E-state index is -0.705. The Hall–Kier alpha value is -3.11. The smallest absolute Gasteiger partial charge is 0.412 e. The zero-order valence-electron chi connectivity index (χ0n) is 18.2. The van der Waals surface area contributed by atoms with Crippen molar-refractivity contribution in [2.24, 2.45) is 5.92 Å². The minimum Gasteiger partial charge on any atom is -0.491 e. The average molecular weight is 478 g/mol. The van der Waals surface area contributed by atoms with Crippen LogP contribution >= 0.6 is 12.6 Å². The Bertz CT molecular complexity index is 954. The molecule has 10 heteroatoms. The van der Waals surface area contributed by atoms with E-state index in [1.165, 1.54) is 0 Å². The van der Waals surface area contributed by atoms with E-state index < -0.39 is 18.2 Å². The van der Waals surface area contributed by atoms with Gasteiger partial charge in [0.1, 0.15) is 18.5 Å². The summed E-state index contributed by atoms with van der Waals surface area (Å²) in [5.74, 6) is 0.975. The third kappa shape index (κ3) is 6.93. The lowest BCUT2D eigenvalue weighted by molar-refractivity contribution is -0.141. The molecular weight excluding hydrogens is 450 g/mol. The van der Waals surface area contributed by atoms with Gasteiger partial charge in [-0.25, -0.2) is 4.79 Å². The molecule has 0 unspecified atom stereocenters. The second-order valence-corrected chi connectivity index (χ2v) is 7.59. The Morgan fingerprint density at radius 1 is 1.15 bits per heavy atom. The molecule has 2 aromatic rings. The number of carbonyl (C=O) groups is 2. The van der Waals surface area contributed by atoms with Gasteiger partial charge in [0.25, 0.3) is 0 Å². The number of hydrogen-bond donors (Lipinski definition) is 3. The van der Waals surface area contributed by atoms with Gasteiger partial charge in [-0.2, -0.15) is 12.6 Å². The third-order valence-corrected chi connectivity index (χ3v) is 5.17. The molecule has 0 saturated carbocycles. The van der Waals surface area contributed by atoms with Crippen molar-refractivity contribution < 1.29 is 38.4 Å². The fourth-order valence-electron chi connectivity index (χ4n) is 3.28. The highest BCUT2D eigenvalue weighted by Gasteiger charge is 2.27. The Labute approximate surface area is 197 Å². The number of benzene rings is 2. The SMILES string of the molecule is C[C@@H](CCOC(=O)CS)[C@@H](OC(=O)Nc1ccc2c(c1)OCO2)c1ccccc1OCCO. The van der Waals surface area contributed by atoms with E-state index in [4.69, 9.17) is 28.8 Å². The van der Waals surface area contributed by atoms with E-state index in [1.54, 1.807) is 42.5 Å².